The minimum atomic E-state index is -2.46. The van der Waals surface area contributed by atoms with Gasteiger partial charge in [0.05, 0.1) is 6.20 Å². The molecule has 0 atom stereocenters. The summed E-state index contributed by atoms with van der Waals surface area (Å²) in [7, 11) is 0. The monoisotopic (exact) mass is 169 g/mol. The molecule has 62 valence electrons. The van der Waals surface area contributed by atoms with E-state index in [-0.39, 0.29) is 5.56 Å². The van der Waals surface area contributed by atoms with E-state index in [0.29, 0.717) is 5.58 Å². The molecule has 0 amide bonds. The lowest BCUT2D eigenvalue weighted by molar-refractivity contribution is 0.151. The normalized spacial score (nSPS) is 11.2. The van der Waals surface area contributed by atoms with Gasteiger partial charge in [-0.15, -0.1) is 0 Å². The molecule has 0 radical (unpaired) electrons. The maximum Gasteiger partial charge on any atom is 0.263 e. The van der Waals surface area contributed by atoms with Crippen LogP contribution in [0.1, 0.15) is 12.0 Å². The van der Waals surface area contributed by atoms with E-state index in [2.05, 4.69) is 5.16 Å². The number of fused-ring (bicyclic) bond motifs is 1. The van der Waals surface area contributed by atoms with Crippen molar-refractivity contribution in [3.05, 3.63) is 30.0 Å². The van der Waals surface area contributed by atoms with Gasteiger partial charge in [0.1, 0.15) is 0 Å². The van der Waals surface area contributed by atoms with Gasteiger partial charge < -0.3 is 4.52 Å². The average Bonchev–Trinajstić information content (AvgIpc) is 2.49. The van der Waals surface area contributed by atoms with Crippen molar-refractivity contribution in [2.45, 2.75) is 6.43 Å². The average molecular weight is 169 g/mol. The maximum absolute atomic E-state index is 12.1. The van der Waals surface area contributed by atoms with E-state index in [1.807, 2.05) is 0 Å². The van der Waals surface area contributed by atoms with Crippen molar-refractivity contribution in [3.8, 4) is 0 Å². The molecule has 2 nitrogen and oxygen atoms in total. The number of rotatable bonds is 1. The molecule has 0 unspecified atom stereocenters. The highest BCUT2D eigenvalue weighted by Gasteiger charge is 2.08. The molecular weight excluding hydrogens is 164 g/mol. The largest absolute Gasteiger partial charge is 0.356 e. The van der Waals surface area contributed by atoms with E-state index in [1.165, 1.54) is 18.3 Å². The summed E-state index contributed by atoms with van der Waals surface area (Å²) < 4.78 is 29.0. The van der Waals surface area contributed by atoms with Crippen molar-refractivity contribution in [1.29, 1.82) is 0 Å². The number of hydrogen-bond donors (Lipinski definition) is 0. The van der Waals surface area contributed by atoms with Crippen molar-refractivity contribution in [2.75, 3.05) is 0 Å². The summed E-state index contributed by atoms with van der Waals surface area (Å²) in [6.45, 7) is 0. The molecule has 12 heavy (non-hydrogen) atoms. The fourth-order valence-electron chi connectivity index (χ4n) is 1.01. The van der Waals surface area contributed by atoms with Crippen molar-refractivity contribution >= 4 is 11.0 Å². The second-order valence-corrected chi connectivity index (χ2v) is 2.42. The van der Waals surface area contributed by atoms with Crippen LogP contribution in [0.15, 0.2) is 28.9 Å². The molecule has 0 saturated heterocycles. The quantitative estimate of drug-likeness (QED) is 0.656. The summed E-state index contributed by atoms with van der Waals surface area (Å²) in [5.74, 6) is 0. The third-order valence-corrected chi connectivity index (χ3v) is 1.63. The van der Waals surface area contributed by atoms with Crippen LogP contribution in [0.3, 0.4) is 0 Å². The van der Waals surface area contributed by atoms with Crippen LogP contribution in [0.4, 0.5) is 8.78 Å². The number of halogens is 2. The van der Waals surface area contributed by atoms with Crippen molar-refractivity contribution in [1.82, 2.24) is 5.16 Å². The van der Waals surface area contributed by atoms with Gasteiger partial charge in [0.15, 0.2) is 5.58 Å². The van der Waals surface area contributed by atoms with Crippen LogP contribution < -0.4 is 0 Å². The summed E-state index contributed by atoms with van der Waals surface area (Å²) in [5.41, 5.74) is 0.354. The smallest absolute Gasteiger partial charge is 0.263 e. The third kappa shape index (κ3) is 1.05. The SMILES string of the molecule is FC(F)c1ccc2cnoc2c1. The van der Waals surface area contributed by atoms with E-state index in [4.69, 9.17) is 4.52 Å². The zero-order valence-electron chi connectivity index (χ0n) is 6.00. The summed E-state index contributed by atoms with van der Waals surface area (Å²) in [4.78, 5) is 0. The Morgan fingerprint density at radius 3 is 2.92 bits per heavy atom. The summed E-state index contributed by atoms with van der Waals surface area (Å²) in [6, 6.07) is 4.23. The van der Waals surface area contributed by atoms with Crippen LogP contribution in [-0.4, -0.2) is 5.16 Å². The van der Waals surface area contributed by atoms with Crippen LogP contribution in [0.5, 0.6) is 0 Å². The summed E-state index contributed by atoms with van der Waals surface area (Å²) in [5, 5.41) is 4.22. The number of benzene rings is 1. The Hall–Kier alpha value is -1.45. The minimum Gasteiger partial charge on any atom is -0.356 e. The first-order chi connectivity index (χ1) is 5.77. The van der Waals surface area contributed by atoms with Crippen molar-refractivity contribution in [3.63, 3.8) is 0 Å². The summed E-state index contributed by atoms with van der Waals surface area (Å²) in [6.07, 6.45) is -0.968. The number of hydrogen-bond acceptors (Lipinski definition) is 2. The molecule has 0 spiro atoms. The number of alkyl halides is 2. The first kappa shape index (κ1) is 7.21. The van der Waals surface area contributed by atoms with Gasteiger partial charge in [-0.05, 0) is 12.1 Å². The van der Waals surface area contributed by atoms with Crippen LogP contribution in [0.2, 0.25) is 0 Å². The second kappa shape index (κ2) is 2.55. The predicted octanol–water partition coefficient (Wildman–Crippen LogP) is 2.77. The van der Waals surface area contributed by atoms with E-state index < -0.39 is 6.43 Å². The molecule has 0 aliphatic rings. The Morgan fingerprint density at radius 1 is 1.33 bits per heavy atom. The topological polar surface area (TPSA) is 26.0 Å². The second-order valence-electron chi connectivity index (χ2n) is 2.42. The highest BCUT2D eigenvalue weighted by atomic mass is 19.3. The van der Waals surface area contributed by atoms with Gasteiger partial charge in [-0.1, -0.05) is 11.2 Å². The van der Waals surface area contributed by atoms with E-state index in [1.54, 1.807) is 6.07 Å². The Balaban J connectivity index is 2.60. The minimum absolute atomic E-state index is 0.0424. The Kier molecular flexibility index (Phi) is 1.53. The third-order valence-electron chi connectivity index (χ3n) is 1.63. The van der Waals surface area contributed by atoms with Gasteiger partial charge in [0.2, 0.25) is 0 Å². The zero-order chi connectivity index (χ0) is 8.55. The first-order valence-electron chi connectivity index (χ1n) is 3.40. The Labute approximate surface area is 66.8 Å². The molecule has 0 fully saturated rings. The van der Waals surface area contributed by atoms with Crippen LogP contribution in [0, 0.1) is 0 Å². The molecule has 0 aliphatic heterocycles. The molecule has 0 aliphatic carbocycles. The van der Waals surface area contributed by atoms with E-state index >= 15 is 0 Å². The molecule has 0 bridgehead atoms. The van der Waals surface area contributed by atoms with Crippen molar-refractivity contribution < 1.29 is 13.3 Å². The standard InChI is InChI=1S/C8H5F2NO/c9-8(10)5-1-2-6-4-11-12-7(6)3-5/h1-4,8H. The van der Waals surface area contributed by atoms with Crippen LogP contribution in [-0.2, 0) is 0 Å². The lowest BCUT2D eigenvalue weighted by Crippen LogP contribution is -1.81. The number of nitrogens with zero attached hydrogens (tertiary/aromatic N) is 1. The van der Waals surface area contributed by atoms with Gasteiger partial charge in [-0.3, -0.25) is 0 Å². The molecule has 1 heterocycles. The van der Waals surface area contributed by atoms with E-state index in [9.17, 15) is 8.78 Å². The molecule has 0 N–H and O–H groups in total. The van der Waals surface area contributed by atoms with Gasteiger partial charge in [-0.25, -0.2) is 8.78 Å². The summed E-state index contributed by atoms with van der Waals surface area (Å²) >= 11 is 0. The van der Waals surface area contributed by atoms with Crippen LogP contribution >= 0.6 is 0 Å². The molecule has 4 heteroatoms. The van der Waals surface area contributed by atoms with Gasteiger partial charge in [0, 0.05) is 10.9 Å². The van der Waals surface area contributed by atoms with E-state index in [0.717, 1.165) is 5.39 Å². The Morgan fingerprint density at radius 2 is 2.17 bits per heavy atom. The molecule has 0 saturated carbocycles. The van der Waals surface area contributed by atoms with Gasteiger partial charge >= 0.3 is 0 Å². The first-order valence-corrected chi connectivity index (χ1v) is 3.40. The maximum atomic E-state index is 12.1. The fourth-order valence-corrected chi connectivity index (χ4v) is 1.01. The van der Waals surface area contributed by atoms with Gasteiger partial charge in [0.25, 0.3) is 6.43 Å². The molecule has 2 aromatic rings. The van der Waals surface area contributed by atoms with Crippen LogP contribution in [0.25, 0.3) is 11.0 Å². The van der Waals surface area contributed by atoms with Crippen molar-refractivity contribution in [2.24, 2.45) is 0 Å². The Bertz CT molecular complexity index is 397. The zero-order valence-corrected chi connectivity index (χ0v) is 6.00. The highest BCUT2D eigenvalue weighted by molar-refractivity contribution is 5.76. The lowest BCUT2D eigenvalue weighted by atomic mass is 10.2. The molecule has 2 rings (SSSR count). The molecule has 1 aromatic heterocycles. The predicted molar refractivity (Wildman–Crippen MR) is 39.0 cm³/mol. The molecular formula is C8H5F2NO. The number of aromatic nitrogens is 1. The van der Waals surface area contributed by atoms with Gasteiger partial charge in [-0.2, -0.15) is 0 Å². The molecule has 1 aromatic carbocycles. The fraction of sp³-hybridized carbons (Fsp3) is 0.125. The lowest BCUT2D eigenvalue weighted by Gasteiger charge is -1.96. The highest BCUT2D eigenvalue weighted by Crippen LogP contribution is 2.23.